The van der Waals surface area contributed by atoms with Gasteiger partial charge in [0.15, 0.2) is 6.29 Å². The molecule has 0 radical (unpaired) electrons. The van der Waals surface area contributed by atoms with Gasteiger partial charge >= 0.3 is 0 Å². The van der Waals surface area contributed by atoms with E-state index in [1.807, 2.05) is 0 Å². The molecule has 1 aromatic carbocycles. The van der Waals surface area contributed by atoms with Crippen LogP contribution >= 0.6 is 0 Å². The average molecular weight is 290 g/mol. The van der Waals surface area contributed by atoms with Crippen LogP contribution in [0.25, 0.3) is 0 Å². The second kappa shape index (κ2) is 7.68. The summed E-state index contributed by atoms with van der Waals surface area (Å²) in [5.41, 5.74) is 7.46. The normalized spacial score (nSPS) is 18.2. The van der Waals surface area contributed by atoms with Crippen molar-refractivity contribution < 1.29 is 14.6 Å². The van der Waals surface area contributed by atoms with Crippen LogP contribution in [0.5, 0.6) is 0 Å². The first-order valence-corrected chi connectivity index (χ1v) is 6.65. The summed E-state index contributed by atoms with van der Waals surface area (Å²) in [4.78, 5) is 10.3. The highest BCUT2D eigenvalue weighted by Gasteiger charge is 2.15. The van der Waals surface area contributed by atoms with E-state index in [0.29, 0.717) is 30.0 Å². The highest BCUT2D eigenvalue weighted by atomic mass is 16.7. The van der Waals surface area contributed by atoms with Crippen molar-refractivity contribution in [3.05, 3.63) is 58.5 Å². The molecular formula is C15H18N2O4. The SMILES string of the molecule is Nc1cccc(C(O)C(C=CC2OCCO2)=CCN=O)c1. The van der Waals surface area contributed by atoms with E-state index in [1.165, 1.54) is 0 Å². The molecule has 1 atom stereocenters. The summed E-state index contributed by atoms with van der Waals surface area (Å²) in [6.07, 6.45) is 3.61. The van der Waals surface area contributed by atoms with Crippen molar-refractivity contribution in [2.75, 3.05) is 25.5 Å². The Kier molecular flexibility index (Phi) is 5.62. The molecule has 0 aromatic heterocycles. The van der Waals surface area contributed by atoms with E-state index in [2.05, 4.69) is 5.18 Å². The third-order valence-electron chi connectivity index (χ3n) is 3.04. The van der Waals surface area contributed by atoms with E-state index >= 15 is 0 Å². The van der Waals surface area contributed by atoms with Crippen LogP contribution < -0.4 is 5.73 Å². The first kappa shape index (κ1) is 15.4. The smallest absolute Gasteiger partial charge is 0.177 e. The number of anilines is 1. The maximum atomic E-state index is 10.4. The maximum absolute atomic E-state index is 10.4. The number of ether oxygens (including phenoxy) is 2. The number of nitrogen functional groups attached to an aromatic ring is 1. The van der Waals surface area contributed by atoms with Crippen LogP contribution in [-0.2, 0) is 9.47 Å². The van der Waals surface area contributed by atoms with Gasteiger partial charge in [-0.15, -0.1) is 0 Å². The number of aliphatic hydroxyl groups is 1. The minimum Gasteiger partial charge on any atom is -0.399 e. The Hall–Kier alpha value is -2.02. The largest absolute Gasteiger partial charge is 0.399 e. The molecule has 1 fully saturated rings. The molecule has 1 unspecified atom stereocenters. The fourth-order valence-electron chi connectivity index (χ4n) is 2.01. The molecule has 0 bridgehead atoms. The number of rotatable bonds is 6. The topological polar surface area (TPSA) is 94.1 Å². The molecule has 1 heterocycles. The van der Waals surface area contributed by atoms with Crippen LogP contribution in [0.15, 0.2) is 53.2 Å². The highest BCUT2D eigenvalue weighted by Crippen LogP contribution is 2.24. The Morgan fingerprint density at radius 2 is 2.24 bits per heavy atom. The Morgan fingerprint density at radius 3 is 2.90 bits per heavy atom. The minimum absolute atomic E-state index is 0.0224. The van der Waals surface area contributed by atoms with Gasteiger partial charge in [-0.3, -0.25) is 0 Å². The quantitative estimate of drug-likeness (QED) is 0.474. The lowest BCUT2D eigenvalue weighted by Crippen LogP contribution is -2.05. The Morgan fingerprint density at radius 1 is 1.48 bits per heavy atom. The summed E-state index contributed by atoms with van der Waals surface area (Å²) >= 11 is 0. The molecule has 21 heavy (non-hydrogen) atoms. The Bertz CT molecular complexity index is 536. The van der Waals surface area contributed by atoms with E-state index in [0.717, 1.165) is 0 Å². The molecule has 1 aliphatic heterocycles. The lowest BCUT2D eigenvalue weighted by Gasteiger charge is -2.13. The lowest BCUT2D eigenvalue weighted by atomic mass is 10.00. The van der Waals surface area contributed by atoms with Gasteiger partial charge in [0.25, 0.3) is 0 Å². The third-order valence-corrected chi connectivity index (χ3v) is 3.04. The number of benzene rings is 1. The molecule has 6 nitrogen and oxygen atoms in total. The summed E-state index contributed by atoms with van der Waals surface area (Å²) < 4.78 is 10.6. The summed E-state index contributed by atoms with van der Waals surface area (Å²) in [6, 6.07) is 6.95. The lowest BCUT2D eigenvalue weighted by molar-refractivity contribution is -0.00164. The number of nitrogens with zero attached hydrogens (tertiary/aromatic N) is 1. The van der Waals surface area contributed by atoms with Crippen molar-refractivity contribution in [3.63, 3.8) is 0 Å². The first-order valence-electron chi connectivity index (χ1n) is 6.65. The number of hydrogen-bond acceptors (Lipinski definition) is 6. The van der Waals surface area contributed by atoms with Crippen molar-refractivity contribution >= 4 is 5.69 Å². The van der Waals surface area contributed by atoms with Crippen molar-refractivity contribution in [2.45, 2.75) is 12.4 Å². The zero-order chi connectivity index (χ0) is 15.1. The summed E-state index contributed by atoms with van der Waals surface area (Å²) in [7, 11) is 0. The van der Waals surface area contributed by atoms with E-state index in [-0.39, 0.29) is 6.54 Å². The molecule has 2 rings (SSSR count). The van der Waals surface area contributed by atoms with Gasteiger partial charge in [-0.05, 0) is 29.3 Å². The molecule has 0 saturated carbocycles. The molecule has 0 spiro atoms. The van der Waals surface area contributed by atoms with E-state index in [1.54, 1.807) is 42.5 Å². The van der Waals surface area contributed by atoms with E-state index in [9.17, 15) is 10.0 Å². The van der Waals surface area contributed by atoms with Crippen molar-refractivity contribution in [2.24, 2.45) is 5.18 Å². The van der Waals surface area contributed by atoms with Gasteiger partial charge in [-0.25, -0.2) is 0 Å². The second-order valence-electron chi connectivity index (χ2n) is 4.56. The third kappa shape index (κ3) is 4.49. The monoisotopic (exact) mass is 290 g/mol. The van der Waals surface area contributed by atoms with Crippen LogP contribution in [0.4, 0.5) is 5.69 Å². The van der Waals surface area contributed by atoms with Crippen LogP contribution in [-0.4, -0.2) is 31.2 Å². The Labute approximate surface area is 122 Å². The summed E-state index contributed by atoms with van der Waals surface area (Å²) in [5, 5.41) is 13.2. The fourth-order valence-corrected chi connectivity index (χ4v) is 2.01. The number of nitrogens with two attached hydrogens (primary N) is 1. The van der Waals surface area contributed by atoms with Crippen LogP contribution in [0.1, 0.15) is 11.7 Å². The van der Waals surface area contributed by atoms with E-state index in [4.69, 9.17) is 15.2 Å². The van der Waals surface area contributed by atoms with Gasteiger partial charge in [-0.1, -0.05) is 29.5 Å². The zero-order valence-electron chi connectivity index (χ0n) is 11.5. The molecule has 1 aromatic rings. The van der Waals surface area contributed by atoms with Gasteiger partial charge < -0.3 is 20.3 Å². The highest BCUT2D eigenvalue weighted by molar-refractivity contribution is 5.44. The second-order valence-corrected chi connectivity index (χ2v) is 4.56. The van der Waals surface area contributed by atoms with E-state index < -0.39 is 12.4 Å². The molecular weight excluding hydrogens is 272 g/mol. The predicted molar refractivity (Wildman–Crippen MR) is 79.4 cm³/mol. The van der Waals surface area contributed by atoms with Crippen molar-refractivity contribution in [1.82, 2.24) is 0 Å². The molecule has 0 amide bonds. The van der Waals surface area contributed by atoms with Gasteiger partial charge in [0.1, 0.15) is 6.10 Å². The van der Waals surface area contributed by atoms with Gasteiger partial charge in [0, 0.05) is 5.69 Å². The number of hydrogen-bond donors (Lipinski definition) is 2. The molecule has 0 aliphatic carbocycles. The van der Waals surface area contributed by atoms with Crippen LogP contribution in [0.2, 0.25) is 0 Å². The minimum atomic E-state index is -0.895. The first-order chi connectivity index (χ1) is 10.2. The molecule has 112 valence electrons. The van der Waals surface area contributed by atoms with Crippen molar-refractivity contribution in [3.8, 4) is 0 Å². The standard InChI is InChI=1S/C15H18N2O4/c16-13-3-1-2-12(10-13)15(18)11(6-7-17-19)4-5-14-20-8-9-21-14/h1-6,10,14-15,18H,7-9,16H2. The van der Waals surface area contributed by atoms with Gasteiger partial charge in [0.05, 0.1) is 19.8 Å². The molecule has 3 N–H and O–H groups in total. The molecule has 1 saturated heterocycles. The van der Waals surface area contributed by atoms with Gasteiger partial charge in [-0.2, -0.15) is 4.91 Å². The van der Waals surface area contributed by atoms with Crippen molar-refractivity contribution in [1.29, 1.82) is 0 Å². The van der Waals surface area contributed by atoms with Crippen LogP contribution in [0.3, 0.4) is 0 Å². The number of aliphatic hydroxyl groups excluding tert-OH is 1. The van der Waals surface area contributed by atoms with Crippen LogP contribution in [0, 0.1) is 4.91 Å². The zero-order valence-corrected chi connectivity index (χ0v) is 11.5. The fraction of sp³-hybridized carbons (Fsp3) is 0.333. The molecule has 6 heteroatoms. The summed E-state index contributed by atoms with van der Waals surface area (Å²) in [5.74, 6) is 0. The average Bonchev–Trinajstić information content (AvgIpc) is 3.00. The number of nitroso groups, excluding NO2 is 1. The molecule has 1 aliphatic rings. The van der Waals surface area contributed by atoms with Gasteiger partial charge in [0.2, 0.25) is 0 Å². The summed E-state index contributed by atoms with van der Waals surface area (Å²) in [6.45, 7) is 1.06. The predicted octanol–water partition coefficient (Wildman–Crippen LogP) is 1.92. The maximum Gasteiger partial charge on any atom is 0.177 e. The Balaban J connectivity index is 2.16.